The molecule has 1 saturated heterocycles. The summed E-state index contributed by atoms with van der Waals surface area (Å²) in [6.45, 7) is 11.4. The topological polar surface area (TPSA) is 37.6 Å². The third kappa shape index (κ3) is 4.97. The van der Waals surface area contributed by atoms with Crippen molar-refractivity contribution in [3.8, 4) is 0 Å². The van der Waals surface area contributed by atoms with Crippen molar-refractivity contribution in [2.75, 3.05) is 26.2 Å². The quantitative estimate of drug-likeness (QED) is 0.801. The number of morpholine rings is 1. The maximum absolute atomic E-state index is 5.73. The fraction of sp³-hybridized carbons (Fsp3) is 0.733. The summed E-state index contributed by atoms with van der Waals surface area (Å²) in [5, 5.41) is 3.43. The Bertz CT molecular complexity index is 368. The molecule has 19 heavy (non-hydrogen) atoms. The molecular formula is C15H26N2O2. The molecule has 4 nitrogen and oxygen atoms in total. The van der Waals surface area contributed by atoms with Crippen molar-refractivity contribution in [1.82, 2.24) is 10.2 Å². The number of hydrogen-bond acceptors (Lipinski definition) is 4. The molecule has 1 aliphatic rings. The second kappa shape index (κ2) is 7.08. The molecule has 0 radical (unpaired) electrons. The Balaban J connectivity index is 1.56. The molecule has 0 aromatic carbocycles. The highest BCUT2D eigenvalue weighted by atomic mass is 16.5. The van der Waals surface area contributed by atoms with Crippen molar-refractivity contribution in [2.24, 2.45) is 0 Å². The van der Waals surface area contributed by atoms with E-state index in [0.29, 0.717) is 12.2 Å². The van der Waals surface area contributed by atoms with Crippen molar-refractivity contribution in [1.29, 1.82) is 0 Å². The van der Waals surface area contributed by atoms with Crippen molar-refractivity contribution < 1.29 is 9.15 Å². The normalized spacial score (nSPS) is 24.8. The molecule has 0 spiro atoms. The number of nitrogens with zero attached hydrogens (tertiary/aromatic N) is 1. The number of hydrogen-bond donors (Lipinski definition) is 1. The van der Waals surface area contributed by atoms with Gasteiger partial charge in [0.05, 0.1) is 18.8 Å². The van der Waals surface area contributed by atoms with Crippen LogP contribution in [0.25, 0.3) is 0 Å². The Morgan fingerprint density at radius 1 is 1.26 bits per heavy atom. The van der Waals surface area contributed by atoms with Crippen LogP contribution in [0.1, 0.15) is 31.8 Å². The van der Waals surface area contributed by atoms with E-state index in [0.717, 1.165) is 44.2 Å². The van der Waals surface area contributed by atoms with Gasteiger partial charge in [0.15, 0.2) is 0 Å². The number of ether oxygens (including phenoxy) is 1. The summed E-state index contributed by atoms with van der Waals surface area (Å²) in [6, 6.07) is 4.04. The Morgan fingerprint density at radius 2 is 2.00 bits per heavy atom. The smallest absolute Gasteiger partial charge is 0.117 e. The number of rotatable bonds is 6. The predicted octanol–water partition coefficient (Wildman–Crippen LogP) is 2.18. The van der Waals surface area contributed by atoms with E-state index < -0.39 is 0 Å². The Kier molecular flexibility index (Phi) is 5.43. The minimum absolute atomic E-state index is 0.364. The van der Waals surface area contributed by atoms with Gasteiger partial charge in [-0.25, -0.2) is 0 Å². The van der Waals surface area contributed by atoms with Gasteiger partial charge in [-0.1, -0.05) is 0 Å². The maximum atomic E-state index is 5.73. The van der Waals surface area contributed by atoms with Gasteiger partial charge >= 0.3 is 0 Å². The Labute approximate surface area is 116 Å². The van der Waals surface area contributed by atoms with E-state index in [1.807, 2.05) is 19.1 Å². The molecule has 2 heterocycles. The summed E-state index contributed by atoms with van der Waals surface area (Å²) in [4.78, 5) is 2.50. The van der Waals surface area contributed by atoms with Crippen LogP contribution in [-0.4, -0.2) is 43.3 Å². The van der Waals surface area contributed by atoms with Gasteiger partial charge in [0.1, 0.15) is 11.5 Å². The molecular weight excluding hydrogens is 240 g/mol. The van der Waals surface area contributed by atoms with Gasteiger partial charge in [0.25, 0.3) is 0 Å². The van der Waals surface area contributed by atoms with Crippen molar-refractivity contribution >= 4 is 0 Å². The second-order valence-electron chi connectivity index (χ2n) is 5.56. The lowest BCUT2D eigenvalue weighted by atomic mass is 10.2. The van der Waals surface area contributed by atoms with E-state index in [4.69, 9.17) is 9.15 Å². The molecule has 0 aliphatic carbocycles. The summed E-state index contributed by atoms with van der Waals surface area (Å²) < 4.78 is 11.3. The number of furan rings is 1. The third-order valence-electron chi connectivity index (χ3n) is 3.42. The van der Waals surface area contributed by atoms with E-state index in [1.165, 1.54) is 6.42 Å². The highest BCUT2D eigenvalue weighted by molar-refractivity contribution is 5.04. The molecule has 1 N–H and O–H groups in total. The van der Waals surface area contributed by atoms with Crippen LogP contribution in [-0.2, 0) is 11.3 Å². The molecule has 0 amide bonds. The van der Waals surface area contributed by atoms with Crippen LogP contribution in [0.5, 0.6) is 0 Å². The van der Waals surface area contributed by atoms with Crippen molar-refractivity contribution in [3.63, 3.8) is 0 Å². The largest absolute Gasteiger partial charge is 0.465 e. The molecule has 1 aromatic heterocycles. The van der Waals surface area contributed by atoms with Gasteiger partial charge in [-0.2, -0.15) is 0 Å². The molecule has 108 valence electrons. The molecule has 2 atom stereocenters. The summed E-state index contributed by atoms with van der Waals surface area (Å²) in [5.41, 5.74) is 0. The highest BCUT2D eigenvalue weighted by Crippen LogP contribution is 2.10. The van der Waals surface area contributed by atoms with Crippen LogP contribution in [0.15, 0.2) is 16.5 Å². The Morgan fingerprint density at radius 3 is 2.63 bits per heavy atom. The molecule has 1 fully saturated rings. The first-order valence-corrected chi connectivity index (χ1v) is 7.27. The minimum Gasteiger partial charge on any atom is -0.465 e. The zero-order valence-electron chi connectivity index (χ0n) is 12.3. The molecule has 2 rings (SSSR count). The predicted molar refractivity (Wildman–Crippen MR) is 76.2 cm³/mol. The average Bonchev–Trinajstić information content (AvgIpc) is 2.73. The maximum Gasteiger partial charge on any atom is 0.117 e. The minimum atomic E-state index is 0.364. The van der Waals surface area contributed by atoms with E-state index in [9.17, 15) is 0 Å². The number of nitrogens with one attached hydrogen (secondary N) is 1. The first-order valence-electron chi connectivity index (χ1n) is 7.27. The lowest BCUT2D eigenvalue weighted by molar-refractivity contribution is -0.0680. The number of aryl methyl sites for hydroxylation is 1. The lowest BCUT2D eigenvalue weighted by Gasteiger charge is -2.35. The van der Waals surface area contributed by atoms with Crippen LogP contribution >= 0.6 is 0 Å². The van der Waals surface area contributed by atoms with Crippen molar-refractivity contribution in [2.45, 2.75) is 45.9 Å². The van der Waals surface area contributed by atoms with E-state index in [-0.39, 0.29) is 0 Å². The second-order valence-corrected chi connectivity index (χ2v) is 5.56. The van der Waals surface area contributed by atoms with Gasteiger partial charge in [0, 0.05) is 13.1 Å². The molecule has 1 aliphatic heterocycles. The van der Waals surface area contributed by atoms with Crippen molar-refractivity contribution in [3.05, 3.63) is 23.7 Å². The fourth-order valence-electron chi connectivity index (χ4n) is 2.69. The van der Waals surface area contributed by atoms with Crippen LogP contribution in [0, 0.1) is 6.92 Å². The summed E-state index contributed by atoms with van der Waals surface area (Å²) in [5.74, 6) is 2.00. The SMILES string of the molecule is Cc1ccc(CNCCCN2CC(C)OC(C)C2)o1. The van der Waals surface area contributed by atoms with Gasteiger partial charge in [-0.15, -0.1) is 0 Å². The molecule has 0 saturated carbocycles. The van der Waals surface area contributed by atoms with E-state index in [2.05, 4.69) is 24.1 Å². The van der Waals surface area contributed by atoms with Crippen LogP contribution in [0.3, 0.4) is 0 Å². The van der Waals surface area contributed by atoms with E-state index in [1.54, 1.807) is 0 Å². The molecule has 4 heteroatoms. The summed E-state index contributed by atoms with van der Waals surface area (Å²) >= 11 is 0. The van der Waals surface area contributed by atoms with Crippen LogP contribution < -0.4 is 5.32 Å². The lowest BCUT2D eigenvalue weighted by Crippen LogP contribution is -2.46. The summed E-state index contributed by atoms with van der Waals surface area (Å²) in [6.07, 6.45) is 1.89. The molecule has 0 bridgehead atoms. The Hall–Kier alpha value is -0.840. The zero-order chi connectivity index (χ0) is 13.7. The van der Waals surface area contributed by atoms with Gasteiger partial charge in [-0.3, -0.25) is 4.90 Å². The van der Waals surface area contributed by atoms with Gasteiger partial charge in [0.2, 0.25) is 0 Å². The van der Waals surface area contributed by atoms with Crippen LogP contribution in [0.2, 0.25) is 0 Å². The fourth-order valence-corrected chi connectivity index (χ4v) is 2.69. The molecule has 1 aromatic rings. The first kappa shape index (κ1) is 14.6. The zero-order valence-corrected chi connectivity index (χ0v) is 12.3. The first-order chi connectivity index (χ1) is 9.13. The standard InChI is InChI=1S/C15H26N2O2/c1-12-5-6-15(19-12)9-16-7-4-8-17-10-13(2)18-14(3)11-17/h5-6,13-14,16H,4,7-11H2,1-3H3. The van der Waals surface area contributed by atoms with Gasteiger partial charge in [-0.05, 0) is 52.4 Å². The van der Waals surface area contributed by atoms with Gasteiger partial charge < -0.3 is 14.5 Å². The third-order valence-corrected chi connectivity index (χ3v) is 3.42. The van der Waals surface area contributed by atoms with Crippen LogP contribution in [0.4, 0.5) is 0 Å². The monoisotopic (exact) mass is 266 g/mol. The molecule has 2 unspecified atom stereocenters. The average molecular weight is 266 g/mol. The van der Waals surface area contributed by atoms with E-state index >= 15 is 0 Å². The summed E-state index contributed by atoms with van der Waals surface area (Å²) in [7, 11) is 0. The highest BCUT2D eigenvalue weighted by Gasteiger charge is 2.21.